The molecule has 0 spiro atoms. The van der Waals surface area contributed by atoms with Crippen LogP contribution >= 0.6 is 0 Å². The molecule has 0 unspecified atom stereocenters. The summed E-state index contributed by atoms with van der Waals surface area (Å²) in [6, 6.07) is 7.94. The highest BCUT2D eigenvalue weighted by Gasteiger charge is 2.18. The van der Waals surface area contributed by atoms with E-state index >= 15 is 0 Å². The summed E-state index contributed by atoms with van der Waals surface area (Å²) >= 11 is 0. The van der Waals surface area contributed by atoms with E-state index in [1.165, 1.54) is 10.5 Å². The first-order valence-electron chi connectivity index (χ1n) is 6.47. The van der Waals surface area contributed by atoms with Gasteiger partial charge in [0.2, 0.25) is 0 Å². The standard InChI is InChI=1S/C15H12N2O4/c1-2-9-13(15(20)21)14(19)17-10-6-4-3-5-8(10)11(18)7-12(17)16-9/h3-7,16H,2H2,1H3,(H,20,21). The summed E-state index contributed by atoms with van der Waals surface area (Å²) in [5.74, 6) is -1.28. The molecule has 0 saturated heterocycles. The molecule has 0 radical (unpaired) electrons. The average molecular weight is 284 g/mol. The maximum absolute atomic E-state index is 12.5. The number of aromatic carboxylic acids is 1. The van der Waals surface area contributed by atoms with Gasteiger partial charge in [0.15, 0.2) is 5.43 Å². The lowest BCUT2D eigenvalue weighted by atomic mass is 10.1. The molecular formula is C15H12N2O4. The highest BCUT2D eigenvalue weighted by molar-refractivity contribution is 5.90. The molecule has 2 N–H and O–H groups in total. The highest BCUT2D eigenvalue weighted by atomic mass is 16.4. The number of H-pyrrole nitrogens is 1. The third kappa shape index (κ3) is 1.84. The number of carbonyl (C=O) groups is 1. The minimum atomic E-state index is -1.28. The number of hydrogen-bond donors (Lipinski definition) is 2. The van der Waals surface area contributed by atoms with Crippen molar-refractivity contribution in [1.82, 2.24) is 9.38 Å². The van der Waals surface area contributed by atoms with Crippen LogP contribution in [0.25, 0.3) is 16.6 Å². The van der Waals surface area contributed by atoms with Crippen LogP contribution in [0.3, 0.4) is 0 Å². The molecule has 0 atom stereocenters. The first-order chi connectivity index (χ1) is 10.0. The Labute approximate surface area is 118 Å². The van der Waals surface area contributed by atoms with Crippen LogP contribution in [0.5, 0.6) is 0 Å². The van der Waals surface area contributed by atoms with Gasteiger partial charge in [-0.1, -0.05) is 19.1 Å². The predicted octanol–water partition coefficient (Wildman–Crippen LogP) is 1.40. The number of carboxylic acid groups (broad SMARTS) is 1. The number of fused-ring (bicyclic) bond motifs is 3. The Bertz CT molecular complexity index is 998. The summed E-state index contributed by atoms with van der Waals surface area (Å²) in [5, 5.41) is 9.64. The van der Waals surface area contributed by atoms with Crippen LogP contribution in [0.1, 0.15) is 23.0 Å². The number of aromatic amines is 1. The molecule has 6 nitrogen and oxygen atoms in total. The van der Waals surface area contributed by atoms with Crippen LogP contribution in [0.4, 0.5) is 0 Å². The van der Waals surface area contributed by atoms with E-state index in [4.69, 9.17) is 0 Å². The van der Waals surface area contributed by atoms with Crippen molar-refractivity contribution in [3.63, 3.8) is 0 Å². The molecule has 106 valence electrons. The molecule has 1 aromatic carbocycles. The topological polar surface area (TPSA) is 91.6 Å². The zero-order chi connectivity index (χ0) is 15.1. The fourth-order valence-electron chi connectivity index (χ4n) is 2.53. The smallest absolute Gasteiger partial charge is 0.343 e. The zero-order valence-electron chi connectivity index (χ0n) is 11.2. The number of benzene rings is 1. The van der Waals surface area contributed by atoms with E-state index in [0.29, 0.717) is 28.7 Å². The van der Waals surface area contributed by atoms with Gasteiger partial charge in [0, 0.05) is 17.1 Å². The van der Waals surface area contributed by atoms with Gasteiger partial charge in [-0.25, -0.2) is 4.79 Å². The maximum Gasteiger partial charge on any atom is 0.343 e. The quantitative estimate of drug-likeness (QED) is 0.696. The highest BCUT2D eigenvalue weighted by Crippen LogP contribution is 2.12. The fourth-order valence-corrected chi connectivity index (χ4v) is 2.53. The number of pyridine rings is 1. The predicted molar refractivity (Wildman–Crippen MR) is 78.1 cm³/mol. The van der Waals surface area contributed by atoms with E-state index in [0.717, 1.165) is 0 Å². The van der Waals surface area contributed by atoms with Gasteiger partial charge in [-0.15, -0.1) is 0 Å². The first kappa shape index (κ1) is 13.1. The van der Waals surface area contributed by atoms with E-state index in [2.05, 4.69) is 4.98 Å². The second kappa shape index (κ2) is 4.59. The number of aromatic nitrogens is 2. The lowest BCUT2D eigenvalue weighted by Gasteiger charge is -2.10. The van der Waals surface area contributed by atoms with Gasteiger partial charge in [-0.3, -0.25) is 14.0 Å². The number of nitrogens with one attached hydrogen (secondary N) is 1. The largest absolute Gasteiger partial charge is 0.477 e. The van der Waals surface area contributed by atoms with Gasteiger partial charge in [0.05, 0.1) is 5.52 Å². The van der Waals surface area contributed by atoms with E-state index in [-0.39, 0.29) is 11.0 Å². The second-order valence-electron chi connectivity index (χ2n) is 4.69. The van der Waals surface area contributed by atoms with Gasteiger partial charge in [-0.2, -0.15) is 0 Å². The Morgan fingerprint density at radius 1 is 1.29 bits per heavy atom. The molecule has 2 heterocycles. The van der Waals surface area contributed by atoms with E-state index < -0.39 is 11.5 Å². The molecule has 0 bridgehead atoms. The van der Waals surface area contributed by atoms with Crippen LogP contribution in [-0.4, -0.2) is 20.5 Å². The molecule has 0 saturated carbocycles. The maximum atomic E-state index is 12.5. The molecular weight excluding hydrogens is 272 g/mol. The average Bonchev–Trinajstić information content (AvgIpc) is 2.46. The van der Waals surface area contributed by atoms with Crippen molar-refractivity contribution in [2.75, 3.05) is 0 Å². The van der Waals surface area contributed by atoms with Crippen LogP contribution in [0.2, 0.25) is 0 Å². The Morgan fingerprint density at radius 3 is 2.67 bits per heavy atom. The van der Waals surface area contributed by atoms with Crippen molar-refractivity contribution in [2.45, 2.75) is 13.3 Å². The molecule has 0 aliphatic rings. The van der Waals surface area contributed by atoms with Gasteiger partial charge < -0.3 is 10.1 Å². The molecule has 6 heteroatoms. The minimum Gasteiger partial charge on any atom is -0.477 e. The van der Waals surface area contributed by atoms with Crippen LogP contribution < -0.4 is 11.0 Å². The Balaban J connectivity index is 2.66. The van der Waals surface area contributed by atoms with Crippen molar-refractivity contribution < 1.29 is 9.90 Å². The number of hydrogen-bond acceptors (Lipinski definition) is 3. The van der Waals surface area contributed by atoms with Gasteiger partial charge in [0.25, 0.3) is 5.56 Å². The Kier molecular flexibility index (Phi) is 2.86. The Morgan fingerprint density at radius 2 is 2.00 bits per heavy atom. The van der Waals surface area contributed by atoms with Crippen LogP contribution in [-0.2, 0) is 6.42 Å². The summed E-state index contributed by atoms with van der Waals surface area (Å²) in [7, 11) is 0. The number of nitrogens with zero attached hydrogens (tertiary/aromatic N) is 1. The molecule has 0 aliphatic carbocycles. The zero-order valence-corrected chi connectivity index (χ0v) is 11.2. The van der Waals surface area contributed by atoms with E-state index in [1.54, 1.807) is 31.2 Å². The monoisotopic (exact) mass is 284 g/mol. The number of carboxylic acids is 1. The molecule has 0 aliphatic heterocycles. The number of rotatable bonds is 2. The van der Waals surface area contributed by atoms with Crippen molar-refractivity contribution in [3.8, 4) is 0 Å². The number of para-hydroxylation sites is 1. The summed E-state index contributed by atoms with van der Waals surface area (Å²) < 4.78 is 1.24. The summed E-state index contributed by atoms with van der Waals surface area (Å²) in [6.07, 6.45) is 0.356. The third-order valence-corrected chi connectivity index (χ3v) is 3.48. The molecule has 3 aromatic rings. The summed E-state index contributed by atoms with van der Waals surface area (Å²) in [6.45, 7) is 1.74. The minimum absolute atomic E-state index is 0.216. The van der Waals surface area contributed by atoms with Crippen molar-refractivity contribution in [1.29, 1.82) is 0 Å². The normalized spacial score (nSPS) is 11.1. The second-order valence-corrected chi connectivity index (χ2v) is 4.69. The van der Waals surface area contributed by atoms with Crippen molar-refractivity contribution in [2.24, 2.45) is 0 Å². The Hall–Kier alpha value is -2.89. The van der Waals surface area contributed by atoms with Crippen molar-refractivity contribution in [3.05, 3.63) is 62.2 Å². The van der Waals surface area contributed by atoms with Gasteiger partial charge in [0.1, 0.15) is 11.2 Å². The summed E-state index contributed by atoms with van der Waals surface area (Å²) in [5.41, 5.74) is -0.145. The summed E-state index contributed by atoms with van der Waals surface area (Å²) in [4.78, 5) is 38.8. The molecule has 0 amide bonds. The third-order valence-electron chi connectivity index (χ3n) is 3.48. The number of aryl methyl sites for hydroxylation is 1. The lowest BCUT2D eigenvalue weighted by molar-refractivity contribution is 0.0693. The van der Waals surface area contributed by atoms with Gasteiger partial charge in [-0.05, 0) is 18.6 Å². The molecule has 21 heavy (non-hydrogen) atoms. The van der Waals surface area contributed by atoms with E-state index in [9.17, 15) is 19.5 Å². The van der Waals surface area contributed by atoms with Crippen LogP contribution in [0, 0.1) is 0 Å². The van der Waals surface area contributed by atoms with Crippen molar-refractivity contribution >= 4 is 22.5 Å². The molecule has 3 rings (SSSR count). The molecule has 0 fully saturated rings. The molecule has 2 aromatic heterocycles. The van der Waals surface area contributed by atoms with E-state index in [1.807, 2.05) is 0 Å². The van der Waals surface area contributed by atoms with Crippen LogP contribution in [0.15, 0.2) is 39.9 Å². The fraction of sp³-hybridized carbons (Fsp3) is 0.133. The first-order valence-corrected chi connectivity index (χ1v) is 6.47. The van der Waals surface area contributed by atoms with Gasteiger partial charge >= 0.3 is 5.97 Å². The SMILES string of the molecule is CCc1[nH]c2cc(=O)c3ccccc3n2c(=O)c1C(=O)O. The lowest BCUT2D eigenvalue weighted by Crippen LogP contribution is -2.27.